The lowest BCUT2D eigenvalue weighted by atomic mass is 10.2. The van der Waals surface area contributed by atoms with E-state index in [1.54, 1.807) is 24.4 Å². The molecule has 0 radical (unpaired) electrons. The first kappa shape index (κ1) is 12.5. The van der Waals surface area contributed by atoms with Crippen LogP contribution in [0.4, 0.5) is 4.39 Å². The second-order valence-electron chi connectivity index (χ2n) is 4.22. The minimum atomic E-state index is -0.532. The molecule has 3 rings (SSSR count). The van der Waals surface area contributed by atoms with Gasteiger partial charge in [-0.25, -0.2) is 9.37 Å². The van der Waals surface area contributed by atoms with Crippen molar-refractivity contribution in [2.75, 3.05) is 0 Å². The summed E-state index contributed by atoms with van der Waals surface area (Å²) in [5.74, 6) is -0.101. The maximum atomic E-state index is 14.1. The lowest BCUT2D eigenvalue weighted by Gasteiger charge is -2.09. The van der Waals surface area contributed by atoms with Crippen LogP contribution in [0.2, 0.25) is 0 Å². The van der Waals surface area contributed by atoms with Gasteiger partial charge in [0.15, 0.2) is 5.82 Å². The Morgan fingerprint density at radius 2 is 1.95 bits per heavy atom. The summed E-state index contributed by atoms with van der Waals surface area (Å²) in [6, 6.07) is 10.6. The summed E-state index contributed by atoms with van der Waals surface area (Å²) in [6.45, 7) is 0.0990. The number of halogens is 1. The number of fused-ring (bicyclic) bond motifs is 1. The van der Waals surface area contributed by atoms with Crippen LogP contribution in [0.1, 0.15) is 5.56 Å². The number of pyridine rings is 2. The van der Waals surface area contributed by atoms with Crippen LogP contribution in [0.5, 0.6) is 11.6 Å². The summed E-state index contributed by atoms with van der Waals surface area (Å²) in [4.78, 5) is 8.14. The Morgan fingerprint density at radius 3 is 2.80 bits per heavy atom. The molecule has 0 atom stereocenters. The molecule has 0 amide bonds. The number of ether oxygens (including phenoxy) is 1. The van der Waals surface area contributed by atoms with E-state index in [4.69, 9.17) is 10.5 Å². The van der Waals surface area contributed by atoms with Crippen molar-refractivity contribution >= 4 is 10.9 Å². The van der Waals surface area contributed by atoms with Crippen LogP contribution in [-0.2, 0) is 6.54 Å². The minimum Gasteiger partial charge on any atom is -0.436 e. The van der Waals surface area contributed by atoms with Gasteiger partial charge in [0.05, 0.1) is 5.52 Å². The molecule has 5 heteroatoms. The third-order valence-electron chi connectivity index (χ3n) is 2.97. The molecule has 4 nitrogen and oxygen atoms in total. The van der Waals surface area contributed by atoms with Crippen molar-refractivity contribution in [3.05, 3.63) is 60.2 Å². The number of hydrogen-bond acceptors (Lipinski definition) is 4. The van der Waals surface area contributed by atoms with E-state index in [9.17, 15) is 4.39 Å². The zero-order valence-electron chi connectivity index (χ0n) is 10.6. The number of nitrogens with two attached hydrogens (primary N) is 1. The van der Waals surface area contributed by atoms with E-state index in [1.165, 1.54) is 12.3 Å². The van der Waals surface area contributed by atoms with Gasteiger partial charge in [-0.15, -0.1) is 0 Å². The molecule has 2 N–H and O–H groups in total. The Bertz CT molecular complexity index is 756. The smallest absolute Gasteiger partial charge is 0.256 e. The highest BCUT2D eigenvalue weighted by molar-refractivity contribution is 5.85. The molecular formula is C15H12FN3O. The lowest BCUT2D eigenvalue weighted by Crippen LogP contribution is -2.02. The largest absolute Gasteiger partial charge is 0.436 e. The van der Waals surface area contributed by atoms with Gasteiger partial charge in [0.1, 0.15) is 5.75 Å². The molecule has 0 aliphatic heterocycles. The number of benzene rings is 1. The maximum Gasteiger partial charge on any atom is 0.256 e. The summed E-state index contributed by atoms with van der Waals surface area (Å²) >= 11 is 0. The van der Waals surface area contributed by atoms with Crippen LogP contribution < -0.4 is 10.5 Å². The van der Waals surface area contributed by atoms with E-state index in [-0.39, 0.29) is 12.4 Å². The first-order valence-electron chi connectivity index (χ1n) is 6.14. The Kier molecular flexibility index (Phi) is 3.26. The van der Waals surface area contributed by atoms with Crippen LogP contribution in [0.3, 0.4) is 0 Å². The molecule has 0 unspecified atom stereocenters. The van der Waals surface area contributed by atoms with Crippen LogP contribution in [0.25, 0.3) is 10.9 Å². The maximum absolute atomic E-state index is 14.1. The highest BCUT2D eigenvalue weighted by Gasteiger charge is 2.12. The van der Waals surface area contributed by atoms with Gasteiger partial charge in [-0.2, -0.15) is 0 Å². The molecule has 0 fully saturated rings. The van der Waals surface area contributed by atoms with Crippen molar-refractivity contribution in [2.45, 2.75) is 6.54 Å². The average Bonchev–Trinajstić information content (AvgIpc) is 2.50. The molecule has 2 heterocycles. The molecule has 0 aliphatic carbocycles. The molecule has 0 saturated carbocycles. The summed E-state index contributed by atoms with van der Waals surface area (Å²) in [7, 11) is 0. The van der Waals surface area contributed by atoms with Gasteiger partial charge in [-0.1, -0.05) is 6.07 Å². The lowest BCUT2D eigenvalue weighted by molar-refractivity contribution is 0.423. The zero-order chi connectivity index (χ0) is 13.9. The van der Waals surface area contributed by atoms with Crippen LogP contribution >= 0.6 is 0 Å². The molecule has 100 valence electrons. The monoisotopic (exact) mass is 269 g/mol. The second kappa shape index (κ2) is 5.22. The molecule has 2 aromatic heterocycles. The SMILES string of the molecule is NCc1ccnc(Oc2cccc3ncccc23)c1F. The number of nitrogens with zero attached hydrogens (tertiary/aromatic N) is 2. The molecule has 3 aromatic rings. The van der Waals surface area contributed by atoms with Gasteiger partial charge in [0.25, 0.3) is 5.88 Å². The molecule has 0 bridgehead atoms. The topological polar surface area (TPSA) is 61.0 Å². The van der Waals surface area contributed by atoms with Crippen LogP contribution in [0.15, 0.2) is 48.8 Å². The van der Waals surface area contributed by atoms with E-state index in [0.29, 0.717) is 11.3 Å². The van der Waals surface area contributed by atoms with E-state index >= 15 is 0 Å². The quantitative estimate of drug-likeness (QED) is 0.794. The third-order valence-corrected chi connectivity index (χ3v) is 2.97. The summed E-state index contributed by atoms with van der Waals surface area (Å²) in [6.07, 6.45) is 3.17. The normalized spacial score (nSPS) is 10.7. The van der Waals surface area contributed by atoms with Crippen molar-refractivity contribution < 1.29 is 9.13 Å². The molecular weight excluding hydrogens is 257 g/mol. The summed E-state index contributed by atoms with van der Waals surface area (Å²) < 4.78 is 19.7. The number of aromatic nitrogens is 2. The molecule has 20 heavy (non-hydrogen) atoms. The molecule has 1 aromatic carbocycles. The van der Waals surface area contributed by atoms with Crippen molar-refractivity contribution in [1.29, 1.82) is 0 Å². The molecule has 0 saturated heterocycles. The van der Waals surface area contributed by atoms with Gasteiger partial charge < -0.3 is 10.5 Å². The van der Waals surface area contributed by atoms with E-state index in [1.807, 2.05) is 12.1 Å². The highest BCUT2D eigenvalue weighted by atomic mass is 19.1. The Hall–Kier alpha value is -2.53. The average molecular weight is 269 g/mol. The molecule has 0 spiro atoms. The second-order valence-corrected chi connectivity index (χ2v) is 4.22. The van der Waals surface area contributed by atoms with E-state index in [0.717, 1.165) is 10.9 Å². The summed E-state index contributed by atoms with van der Waals surface area (Å²) in [5, 5.41) is 0.800. The summed E-state index contributed by atoms with van der Waals surface area (Å²) in [5.41, 5.74) is 6.62. The fourth-order valence-corrected chi connectivity index (χ4v) is 1.96. The Morgan fingerprint density at radius 1 is 1.05 bits per heavy atom. The van der Waals surface area contributed by atoms with Gasteiger partial charge in [0, 0.05) is 29.9 Å². The minimum absolute atomic E-state index is 0.0793. The Labute approximate surface area is 115 Å². The standard InChI is InChI=1S/C15H12FN3O/c16-14-10(9-17)6-8-19-15(14)20-13-5-1-4-12-11(13)3-2-7-18-12/h1-8H,9,17H2. The zero-order valence-corrected chi connectivity index (χ0v) is 10.6. The van der Waals surface area contributed by atoms with Gasteiger partial charge in [-0.3, -0.25) is 4.98 Å². The fraction of sp³-hybridized carbons (Fsp3) is 0.0667. The van der Waals surface area contributed by atoms with Crippen molar-refractivity contribution in [2.24, 2.45) is 5.73 Å². The van der Waals surface area contributed by atoms with Crippen molar-refractivity contribution in [3.63, 3.8) is 0 Å². The highest BCUT2D eigenvalue weighted by Crippen LogP contribution is 2.29. The van der Waals surface area contributed by atoms with Crippen molar-refractivity contribution in [3.8, 4) is 11.6 Å². The van der Waals surface area contributed by atoms with Gasteiger partial charge >= 0.3 is 0 Å². The number of hydrogen-bond donors (Lipinski definition) is 1. The van der Waals surface area contributed by atoms with Crippen molar-refractivity contribution in [1.82, 2.24) is 9.97 Å². The fourth-order valence-electron chi connectivity index (χ4n) is 1.96. The van der Waals surface area contributed by atoms with Crippen LogP contribution in [0, 0.1) is 5.82 Å². The third kappa shape index (κ3) is 2.19. The number of rotatable bonds is 3. The first-order chi connectivity index (χ1) is 9.79. The van der Waals surface area contributed by atoms with Crippen LogP contribution in [-0.4, -0.2) is 9.97 Å². The van der Waals surface area contributed by atoms with Gasteiger partial charge in [-0.05, 0) is 30.3 Å². The van der Waals surface area contributed by atoms with Gasteiger partial charge in [0.2, 0.25) is 0 Å². The Balaban J connectivity index is 2.06. The predicted molar refractivity (Wildman–Crippen MR) is 73.9 cm³/mol. The molecule has 0 aliphatic rings. The van der Waals surface area contributed by atoms with E-state index < -0.39 is 5.82 Å². The first-order valence-corrected chi connectivity index (χ1v) is 6.14. The van der Waals surface area contributed by atoms with E-state index in [2.05, 4.69) is 9.97 Å². The predicted octanol–water partition coefficient (Wildman–Crippen LogP) is 3.02.